The molecule has 4 aromatic heterocycles. The number of nitrogens with one attached hydrogen (secondary N) is 2. The first kappa shape index (κ1) is 41.3. The van der Waals surface area contributed by atoms with Crippen molar-refractivity contribution in [2.75, 3.05) is 58.6 Å². The third-order valence-corrected chi connectivity index (χ3v) is 12.6. The van der Waals surface area contributed by atoms with Gasteiger partial charge in [-0.2, -0.15) is 0 Å². The van der Waals surface area contributed by atoms with Crippen LogP contribution in [-0.2, 0) is 43.8 Å². The van der Waals surface area contributed by atoms with Crippen molar-refractivity contribution < 1.29 is 23.8 Å². The number of anilines is 2. The molecule has 0 fully saturated rings. The molecule has 0 bridgehead atoms. The third-order valence-electron chi connectivity index (χ3n) is 9.81. The number of aromatic nitrogens is 4. The average Bonchev–Trinajstić information content (AvgIpc) is 3.76. The monoisotopic (exact) mass is 863 g/mol. The van der Waals surface area contributed by atoms with Gasteiger partial charge in [0.25, 0.3) is 5.91 Å². The number of methoxy groups -OCH3 is 2. The summed E-state index contributed by atoms with van der Waals surface area (Å²) in [5, 5.41) is 9.81. The summed E-state index contributed by atoms with van der Waals surface area (Å²) in [5.41, 5.74) is 9.92. The minimum absolute atomic E-state index is 0.0229. The Morgan fingerprint density at radius 1 is 0.759 bits per heavy atom. The average molecular weight is 865 g/mol. The van der Waals surface area contributed by atoms with E-state index in [0.717, 1.165) is 70.6 Å². The number of carbonyl (C=O) groups excluding carboxylic acids is 2. The Balaban J connectivity index is 0.000000177. The van der Waals surface area contributed by atoms with Crippen molar-refractivity contribution >= 4 is 89.8 Å². The van der Waals surface area contributed by atoms with Crippen LogP contribution in [-0.4, -0.2) is 89.6 Å². The summed E-state index contributed by atoms with van der Waals surface area (Å²) in [7, 11) is 7.38. The quantitative estimate of drug-likeness (QED) is 0.112. The number of halogens is 2. The van der Waals surface area contributed by atoms with E-state index >= 15 is 0 Å². The van der Waals surface area contributed by atoms with E-state index in [4.69, 9.17) is 43.1 Å². The number of nitrogens with zero attached hydrogens (tertiary/aromatic N) is 6. The van der Waals surface area contributed by atoms with Crippen molar-refractivity contribution in [3.05, 3.63) is 90.1 Å². The van der Waals surface area contributed by atoms with Crippen LogP contribution >= 0.6 is 45.9 Å². The van der Waals surface area contributed by atoms with Gasteiger partial charge in [0.1, 0.15) is 32.8 Å². The number of hydrogen-bond acceptors (Lipinski definition) is 15. The third kappa shape index (κ3) is 8.92. The smallest absolute Gasteiger partial charge is 0.376 e. The number of primary amides is 1. The first-order valence-electron chi connectivity index (χ1n) is 18.6. The highest BCUT2D eigenvalue weighted by atomic mass is 35.5. The molecule has 2 aromatic carbocycles. The van der Waals surface area contributed by atoms with Gasteiger partial charge >= 0.3 is 5.97 Å². The molecule has 0 atom stereocenters. The van der Waals surface area contributed by atoms with Crippen molar-refractivity contribution in [2.24, 2.45) is 5.73 Å². The van der Waals surface area contributed by atoms with E-state index in [1.807, 2.05) is 36.4 Å². The van der Waals surface area contributed by atoms with Crippen molar-refractivity contribution in [3.8, 4) is 11.5 Å². The first-order chi connectivity index (χ1) is 28.0. The molecule has 14 nitrogen and oxygen atoms in total. The van der Waals surface area contributed by atoms with E-state index in [1.54, 1.807) is 43.8 Å². The molecule has 0 saturated heterocycles. The Hall–Kier alpha value is -4.84. The van der Waals surface area contributed by atoms with Crippen molar-refractivity contribution in [1.82, 2.24) is 29.7 Å². The van der Waals surface area contributed by atoms with Crippen LogP contribution < -0.4 is 25.8 Å². The topological polar surface area (TPSA) is 170 Å². The van der Waals surface area contributed by atoms with Gasteiger partial charge in [-0.15, -0.1) is 22.7 Å². The second-order valence-electron chi connectivity index (χ2n) is 13.9. The summed E-state index contributed by atoms with van der Waals surface area (Å²) in [6.45, 7) is 6.74. The van der Waals surface area contributed by atoms with Crippen LogP contribution in [0, 0.1) is 0 Å². The number of benzene rings is 2. The van der Waals surface area contributed by atoms with Gasteiger partial charge in [0.2, 0.25) is 11.6 Å². The number of thiophene rings is 2. The number of fused-ring (bicyclic) bond motifs is 6. The number of carbonyl (C=O) groups is 2. The van der Waals surface area contributed by atoms with Crippen molar-refractivity contribution in [1.29, 1.82) is 0 Å². The molecular formula is C40H43Cl2N9O5S2. The summed E-state index contributed by atoms with van der Waals surface area (Å²) >= 11 is 15.7. The number of ether oxygens (including phenoxy) is 3. The molecule has 2 aliphatic rings. The Labute approximate surface area is 353 Å². The molecule has 18 heteroatoms. The minimum Gasteiger partial charge on any atom is -0.495 e. The first-order valence-corrected chi connectivity index (χ1v) is 21.0. The maximum absolute atomic E-state index is 12.3. The Morgan fingerprint density at radius 3 is 1.66 bits per heavy atom. The van der Waals surface area contributed by atoms with E-state index in [0.29, 0.717) is 46.3 Å². The highest BCUT2D eigenvalue weighted by Crippen LogP contribution is 2.39. The van der Waals surface area contributed by atoms with Gasteiger partial charge in [0, 0.05) is 49.0 Å². The van der Waals surface area contributed by atoms with Gasteiger partial charge in [-0.05, 0) is 80.4 Å². The lowest BCUT2D eigenvalue weighted by Crippen LogP contribution is -2.25. The lowest BCUT2D eigenvalue weighted by atomic mass is 10.1. The SMILES string of the molecule is CCOC(=O)c1nc(NCc2ccc(OC)c(Cl)c2)c2c3c(sc2n1)CN(C)CC3.COc1ccc(CNc2nc(C(N)=O)nc3sc4c(c23)CCN(C)C4)cc1Cl. The Morgan fingerprint density at radius 2 is 1.22 bits per heavy atom. The van der Waals surface area contributed by atoms with Crippen molar-refractivity contribution in [2.45, 2.75) is 45.9 Å². The predicted molar refractivity (Wildman–Crippen MR) is 230 cm³/mol. The van der Waals surface area contributed by atoms with Gasteiger partial charge < -0.3 is 40.4 Å². The molecule has 6 aromatic rings. The number of hydrogen-bond donors (Lipinski definition) is 3. The predicted octanol–water partition coefficient (Wildman–Crippen LogP) is 7.18. The number of nitrogens with two attached hydrogens (primary N) is 1. The van der Waals surface area contributed by atoms with Crippen LogP contribution in [0.15, 0.2) is 36.4 Å². The lowest BCUT2D eigenvalue weighted by molar-refractivity contribution is 0.0512. The van der Waals surface area contributed by atoms with E-state index in [9.17, 15) is 9.59 Å². The van der Waals surface area contributed by atoms with Crippen LogP contribution in [0.5, 0.6) is 11.5 Å². The van der Waals surface area contributed by atoms with E-state index in [-0.39, 0.29) is 18.3 Å². The largest absolute Gasteiger partial charge is 0.495 e. The normalized spacial score (nSPS) is 14.0. The Bertz CT molecular complexity index is 2510. The maximum atomic E-state index is 12.3. The van der Waals surface area contributed by atoms with Crippen LogP contribution in [0.2, 0.25) is 10.0 Å². The zero-order valence-electron chi connectivity index (χ0n) is 32.7. The zero-order chi connectivity index (χ0) is 41.1. The van der Waals surface area contributed by atoms with Gasteiger partial charge in [-0.3, -0.25) is 4.79 Å². The molecule has 58 heavy (non-hydrogen) atoms. The van der Waals surface area contributed by atoms with Gasteiger partial charge in [-0.25, -0.2) is 24.7 Å². The molecule has 0 spiro atoms. The molecule has 304 valence electrons. The molecule has 4 N–H and O–H groups in total. The van der Waals surface area contributed by atoms with Crippen LogP contribution in [0.4, 0.5) is 11.6 Å². The van der Waals surface area contributed by atoms with Crippen LogP contribution in [0.1, 0.15) is 60.2 Å². The molecule has 1 amide bonds. The van der Waals surface area contributed by atoms with E-state index < -0.39 is 11.9 Å². The zero-order valence-corrected chi connectivity index (χ0v) is 35.8. The minimum atomic E-state index is -0.638. The van der Waals surface area contributed by atoms with Gasteiger partial charge in [0.15, 0.2) is 0 Å². The fourth-order valence-corrected chi connectivity index (χ4v) is 10.1. The van der Waals surface area contributed by atoms with Gasteiger partial charge in [-0.1, -0.05) is 35.3 Å². The maximum Gasteiger partial charge on any atom is 0.376 e. The molecule has 8 rings (SSSR count). The molecule has 6 heterocycles. The fourth-order valence-electron chi connectivity index (χ4n) is 6.91. The molecule has 0 unspecified atom stereocenters. The molecule has 2 aliphatic heterocycles. The molecule has 0 radical (unpaired) electrons. The second kappa shape index (κ2) is 18.0. The van der Waals surface area contributed by atoms with E-state index in [1.165, 1.54) is 20.9 Å². The van der Waals surface area contributed by atoms with E-state index in [2.05, 4.69) is 54.5 Å². The van der Waals surface area contributed by atoms with Crippen LogP contribution in [0.3, 0.4) is 0 Å². The number of rotatable bonds is 11. The molecular weight excluding hydrogens is 822 g/mol. The summed E-state index contributed by atoms with van der Waals surface area (Å²) in [6.07, 6.45) is 1.85. The fraction of sp³-hybridized carbons (Fsp3) is 0.350. The Kier molecular flexibility index (Phi) is 12.8. The standard InChI is InChI=1S/C21H23ClN4O3S.C19H20ClN5O2S/c1-4-29-21(27)19-24-18(23-10-12-5-6-15(28-3)14(22)9-12)17-13-7-8-26(2)11-16(13)30-20(17)25-19;1-25-6-5-11-14(9-25)28-19-15(11)17(23-18(24-19)16(21)26)22-8-10-3-4-13(27-2)12(20)7-10/h5-6,9H,4,7-8,10-11H2,1-3H3,(H,23,24,25);3-4,7H,5-6,8-9H2,1-2H3,(H2,21,26)(H,22,23,24). The molecule has 0 aliphatic carbocycles. The summed E-state index contributed by atoms with van der Waals surface area (Å²) in [5.74, 6) is 1.48. The van der Waals surface area contributed by atoms with Gasteiger partial charge in [0.05, 0.1) is 41.6 Å². The highest BCUT2D eigenvalue weighted by Gasteiger charge is 2.26. The highest BCUT2D eigenvalue weighted by molar-refractivity contribution is 7.19. The lowest BCUT2D eigenvalue weighted by Gasteiger charge is -2.22. The molecule has 0 saturated carbocycles. The van der Waals surface area contributed by atoms with Crippen molar-refractivity contribution in [3.63, 3.8) is 0 Å². The van der Waals surface area contributed by atoms with Crippen LogP contribution in [0.25, 0.3) is 20.4 Å². The number of esters is 1. The number of likely N-dealkylation sites (N-methyl/N-ethyl adjacent to an activating group) is 2. The summed E-state index contributed by atoms with van der Waals surface area (Å²) in [6, 6.07) is 11.2. The second-order valence-corrected chi connectivity index (χ2v) is 16.8. The number of amides is 1. The summed E-state index contributed by atoms with van der Waals surface area (Å²) in [4.78, 5) is 50.6. The summed E-state index contributed by atoms with van der Waals surface area (Å²) < 4.78 is 15.5.